The third-order valence-electron chi connectivity index (χ3n) is 5.73. The number of hydrogen-bond donors (Lipinski definition) is 0. The van der Waals surface area contributed by atoms with E-state index in [1.165, 1.54) is 20.5 Å². The number of benzene rings is 3. The van der Waals surface area contributed by atoms with Gasteiger partial charge in [-0.25, -0.2) is 15.0 Å². The van der Waals surface area contributed by atoms with Crippen molar-refractivity contribution in [3.05, 3.63) is 95.4 Å². The van der Waals surface area contributed by atoms with E-state index in [0.29, 0.717) is 17.5 Å². The molecule has 1 unspecified atom stereocenters. The Labute approximate surface area is 191 Å². The van der Waals surface area contributed by atoms with Crippen LogP contribution in [0.4, 0.5) is 0 Å². The fourth-order valence-corrected chi connectivity index (χ4v) is 5.46. The monoisotopic (exact) mass is 427 g/mol. The van der Waals surface area contributed by atoms with E-state index < -0.39 is 0 Å². The molecule has 32 heavy (non-hydrogen) atoms. The molecule has 3 aromatic carbocycles. The van der Waals surface area contributed by atoms with E-state index in [-0.39, 0.29) is 5.82 Å². The van der Waals surface area contributed by atoms with Crippen molar-refractivity contribution in [1.29, 1.82) is 0 Å². The minimum atomic E-state index is 0.0402. The van der Waals surface area contributed by atoms with Gasteiger partial charge >= 0.3 is 0 Å². The number of fused-ring (bicyclic) bond motifs is 3. The van der Waals surface area contributed by atoms with Crippen LogP contribution in [0, 0.1) is 0 Å². The highest BCUT2D eigenvalue weighted by Gasteiger charge is 2.21. The Morgan fingerprint density at radius 1 is 0.719 bits per heavy atom. The smallest absolute Gasteiger partial charge is 0.165 e. The van der Waals surface area contributed by atoms with Gasteiger partial charge in [0.2, 0.25) is 0 Å². The van der Waals surface area contributed by atoms with Gasteiger partial charge in [-0.3, -0.25) is 0 Å². The second-order valence-electron chi connectivity index (χ2n) is 7.85. The fourth-order valence-electron chi connectivity index (χ4n) is 4.15. The number of allylic oxidation sites excluding steroid dienone is 1. The third kappa shape index (κ3) is 3.26. The zero-order valence-corrected chi connectivity index (χ0v) is 18.1. The maximum atomic E-state index is 6.42. The SMILES string of the molecule is [B]C1CC=Cc2c1sc1c(-c3nc(-c4ccccc4)nc(-c4ccccc4)n3)cccc21. The molecule has 0 amide bonds. The Balaban J connectivity index is 1.60. The Hall–Kier alpha value is -3.57. The summed E-state index contributed by atoms with van der Waals surface area (Å²) in [5.74, 6) is 2.06. The van der Waals surface area contributed by atoms with Gasteiger partial charge < -0.3 is 0 Å². The van der Waals surface area contributed by atoms with E-state index in [1.807, 2.05) is 60.7 Å². The number of thiophene rings is 1. The van der Waals surface area contributed by atoms with E-state index in [1.54, 1.807) is 11.3 Å². The lowest BCUT2D eigenvalue weighted by Crippen LogP contribution is -2.00. The van der Waals surface area contributed by atoms with E-state index in [9.17, 15) is 0 Å². The van der Waals surface area contributed by atoms with Crippen molar-refractivity contribution in [1.82, 2.24) is 15.0 Å². The molecular formula is C27H18BN3S. The van der Waals surface area contributed by atoms with Gasteiger partial charge in [0.15, 0.2) is 17.5 Å². The lowest BCUT2D eigenvalue weighted by atomic mass is 9.78. The van der Waals surface area contributed by atoms with Crippen molar-refractivity contribution in [3.8, 4) is 34.2 Å². The Bertz CT molecular complexity index is 1400. The predicted octanol–water partition coefficient (Wildman–Crippen LogP) is 6.71. The second-order valence-corrected chi connectivity index (χ2v) is 8.90. The van der Waals surface area contributed by atoms with Crippen LogP contribution in [0.15, 0.2) is 84.9 Å². The van der Waals surface area contributed by atoms with Crippen LogP contribution in [-0.2, 0) is 0 Å². The Kier molecular flexibility index (Phi) is 4.69. The molecule has 0 aliphatic heterocycles. The lowest BCUT2D eigenvalue weighted by Gasteiger charge is -2.12. The molecule has 3 nitrogen and oxygen atoms in total. The maximum Gasteiger partial charge on any atom is 0.165 e. The third-order valence-corrected chi connectivity index (χ3v) is 7.12. The molecule has 1 atom stereocenters. The molecule has 2 aromatic heterocycles. The fraction of sp³-hybridized carbons (Fsp3) is 0.0741. The van der Waals surface area contributed by atoms with Gasteiger partial charge in [-0.05, 0) is 23.9 Å². The van der Waals surface area contributed by atoms with Crippen molar-refractivity contribution < 1.29 is 0 Å². The van der Waals surface area contributed by atoms with Gasteiger partial charge in [-0.15, -0.1) is 11.3 Å². The van der Waals surface area contributed by atoms with Crippen LogP contribution in [0.2, 0.25) is 0 Å². The molecule has 2 radical (unpaired) electrons. The van der Waals surface area contributed by atoms with E-state index >= 15 is 0 Å². The van der Waals surface area contributed by atoms with Gasteiger partial charge in [-0.2, -0.15) is 0 Å². The van der Waals surface area contributed by atoms with Crippen LogP contribution in [-0.4, -0.2) is 22.8 Å². The van der Waals surface area contributed by atoms with Crippen molar-refractivity contribution in [3.63, 3.8) is 0 Å². The first kappa shape index (κ1) is 19.1. The molecule has 2 heterocycles. The summed E-state index contributed by atoms with van der Waals surface area (Å²) >= 11 is 1.76. The molecule has 0 saturated heterocycles. The van der Waals surface area contributed by atoms with Crippen molar-refractivity contribution in [2.75, 3.05) is 0 Å². The van der Waals surface area contributed by atoms with E-state index in [4.69, 9.17) is 22.8 Å². The Morgan fingerprint density at radius 2 is 1.34 bits per heavy atom. The maximum absolute atomic E-state index is 6.42. The quantitative estimate of drug-likeness (QED) is 0.300. The summed E-state index contributed by atoms with van der Waals surface area (Å²) < 4.78 is 1.17. The number of rotatable bonds is 3. The lowest BCUT2D eigenvalue weighted by molar-refractivity contribution is 0.968. The molecule has 0 spiro atoms. The molecule has 1 aliphatic rings. The first-order valence-corrected chi connectivity index (χ1v) is 11.4. The number of aromatic nitrogens is 3. The Morgan fingerprint density at radius 3 is 2.00 bits per heavy atom. The van der Waals surface area contributed by atoms with Crippen molar-refractivity contribution in [2.45, 2.75) is 12.2 Å². The van der Waals surface area contributed by atoms with Crippen LogP contribution in [0.1, 0.15) is 22.7 Å². The zero-order chi connectivity index (χ0) is 21.5. The number of nitrogens with zero attached hydrogens (tertiary/aromatic N) is 3. The summed E-state index contributed by atoms with van der Waals surface area (Å²) in [4.78, 5) is 15.9. The summed E-state index contributed by atoms with van der Waals surface area (Å²) in [6, 6.07) is 26.5. The zero-order valence-electron chi connectivity index (χ0n) is 17.3. The molecule has 0 saturated carbocycles. The summed E-state index contributed by atoms with van der Waals surface area (Å²) in [6.45, 7) is 0. The normalized spacial score (nSPS) is 15.1. The van der Waals surface area contributed by atoms with Gasteiger partial charge in [0.05, 0.1) is 7.85 Å². The van der Waals surface area contributed by atoms with Crippen molar-refractivity contribution >= 4 is 35.3 Å². The van der Waals surface area contributed by atoms with Crippen LogP contribution < -0.4 is 0 Å². The molecule has 150 valence electrons. The second kappa shape index (κ2) is 7.84. The van der Waals surface area contributed by atoms with Gasteiger partial charge in [-0.1, -0.05) is 84.9 Å². The van der Waals surface area contributed by atoms with Gasteiger partial charge in [0.25, 0.3) is 0 Å². The van der Waals surface area contributed by atoms with Crippen LogP contribution >= 0.6 is 11.3 Å². The molecule has 5 heteroatoms. The first-order valence-electron chi connectivity index (χ1n) is 10.6. The molecule has 0 fully saturated rings. The molecule has 0 bridgehead atoms. The van der Waals surface area contributed by atoms with Gasteiger partial charge in [0.1, 0.15) is 0 Å². The van der Waals surface area contributed by atoms with Crippen LogP contribution in [0.3, 0.4) is 0 Å². The summed E-state index contributed by atoms with van der Waals surface area (Å²) in [5, 5.41) is 1.21. The standard InChI is InChI=1S/C27H18BN3S/c28-22-16-8-14-20-19-13-7-15-21(23(19)32-24(20)22)27-30-25(17-9-3-1-4-10-17)29-26(31-27)18-11-5-2-6-12-18/h1-15,22H,16H2. The summed E-state index contributed by atoms with van der Waals surface area (Å²) in [6.07, 6.45) is 5.23. The van der Waals surface area contributed by atoms with Crippen molar-refractivity contribution in [2.24, 2.45) is 0 Å². The minimum absolute atomic E-state index is 0.0402. The highest BCUT2D eigenvalue weighted by molar-refractivity contribution is 7.20. The number of hydrogen-bond acceptors (Lipinski definition) is 4. The van der Waals surface area contributed by atoms with Crippen LogP contribution in [0.5, 0.6) is 0 Å². The van der Waals surface area contributed by atoms with Crippen LogP contribution in [0.25, 0.3) is 50.3 Å². The molecular weight excluding hydrogens is 409 g/mol. The molecule has 1 aliphatic carbocycles. The average Bonchev–Trinajstić information content (AvgIpc) is 3.25. The largest absolute Gasteiger partial charge is 0.208 e. The highest BCUT2D eigenvalue weighted by Crippen LogP contribution is 2.43. The average molecular weight is 427 g/mol. The molecule has 5 aromatic rings. The van der Waals surface area contributed by atoms with Gasteiger partial charge in [0, 0.05) is 31.7 Å². The highest BCUT2D eigenvalue weighted by atomic mass is 32.1. The van der Waals surface area contributed by atoms with E-state index in [2.05, 4.69) is 30.4 Å². The topological polar surface area (TPSA) is 38.7 Å². The summed E-state index contributed by atoms with van der Waals surface area (Å²) in [5.41, 5.74) is 4.18. The van der Waals surface area contributed by atoms with E-state index in [0.717, 1.165) is 23.1 Å². The predicted molar refractivity (Wildman–Crippen MR) is 134 cm³/mol. The molecule has 0 N–H and O–H groups in total. The first-order chi connectivity index (χ1) is 15.8. The molecule has 6 rings (SSSR count). The minimum Gasteiger partial charge on any atom is -0.208 e. The summed E-state index contributed by atoms with van der Waals surface area (Å²) in [7, 11) is 6.42.